The molecule has 5 heteroatoms. The number of hydrogen-bond donors (Lipinski definition) is 2. The van der Waals surface area contributed by atoms with Gasteiger partial charge in [0.2, 0.25) is 5.56 Å². The van der Waals surface area contributed by atoms with Gasteiger partial charge in [-0.25, -0.2) is 5.48 Å². The molecule has 0 aliphatic carbocycles. The summed E-state index contributed by atoms with van der Waals surface area (Å²) in [6.07, 6.45) is 1.34. The highest BCUT2D eigenvalue weighted by atomic mass is 16.6. The van der Waals surface area contributed by atoms with Gasteiger partial charge in [-0.1, -0.05) is 13.8 Å². The van der Waals surface area contributed by atoms with E-state index in [0.29, 0.717) is 18.1 Å². The summed E-state index contributed by atoms with van der Waals surface area (Å²) in [5, 5.41) is 0. The van der Waals surface area contributed by atoms with E-state index in [-0.39, 0.29) is 11.5 Å². The molecule has 0 saturated carbocycles. The molecule has 0 aliphatic heterocycles. The quantitative estimate of drug-likeness (QED) is 0.718. The highest BCUT2D eigenvalue weighted by Gasteiger charge is 2.05. The smallest absolute Gasteiger partial charge is 0.276 e. The molecule has 0 fully saturated rings. The van der Waals surface area contributed by atoms with Gasteiger partial charge in [0.15, 0.2) is 0 Å². The molecule has 1 amide bonds. The van der Waals surface area contributed by atoms with Crippen LogP contribution in [0, 0.1) is 5.92 Å². The SMILES string of the molecule is CC(C)CONC(=O)c1ccc(=O)[nH]c1. The van der Waals surface area contributed by atoms with E-state index in [1.54, 1.807) is 0 Å². The van der Waals surface area contributed by atoms with Crippen molar-refractivity contribution >= 4 is 5.91 Å². The van der Waals surface area contributed by atoms with Crippen LogP contribution in [0.5, 0.6) is 0 Å². The van der Waals surface area contributed by atoms with Gasteiger partial charge in [-0.3, -0.25) is 14.4 Å². The number of nitrogens with one attached hydrogen (secondary N) is 2. The van der Waals surface area contributed by atoms with E-state index in [1.165, 1.54) is 18.3 Å². The van der Waals surface area contributed by atoms with Crippen LogP contribution in [-0.2, 0) is 4.84 Å². The minimum Gasteiger partial charge on any atom is -0.328 e. The average Bonchev–Trinajstić information content (AvgIpc) is 2.18. The third-order valence-corrected chi connectivity index (χ3v) is 1.63. The highest BCUT2D eigenvalue weighted by Crippen LogP contribution is 1.94. The van der Waals surface area contributed by atoms with Gasteiger partial charge < -0.3 is 4.98 Å². The number of carbonyl (C=O) groups excluding carboxylic acids is 1. The van der Waals surface area contributed by atoms with E-state index in [2.05, 4.69) is 10.5 Å². The summed E-state index contributed by atoms with van der Waals surface area (Å²) >= 11 is 0. The van der Waals surface area contributed by atoms with Crippen LogP contribution < -0.4 is 11.0 Å². The van der Waals surface area contributed by atoms with E-state index < -0.39 is 0 Å². The van der Waals surface area contributed by atoms with Gasteiger partial charge in [0.25, 0.3) is 5.91 Å². The monoisotopic (exact) mass is 210 g/mol. The molecule has 2 N–H and O–H groups in total. The molecule has 0 radical (unpaired) electrons. The first-order valence-electron chi connectivity index (χ1n) is 4.70. The van der Waals surface area contributed by atoms with Crippen LogP contribution in [0.15, 0.2) is 23.1 Å². The number of carbonyl (C=O) groups is 1. The maximum Gasteiger partial charge on any atom is 0.276 e. The van der Waals surface area contributed by atoms with Gasteiger partial charge in [-0.2, -0.15) is 0 Å². The van der Waals surface area contributed by atoms with Crippen molar-refractivity contribution in [3.05, 3.63) is 34.2 Å². The van der Waals surface area contributed by atoms with Crippen LogP contribution in [-0.4, -0.2) is 17.5 Å². The van der Waals surface area contributed by atoms with Crippen molar-refractivity contribution in [2.45, 2.75) is 13.8 Å². The molecule has 1 rings (SSSR count). The Hall–Kier alpha value is -1.62. The third-order valence-electron chi connectivity index (χ3n) is 1.63. The van der Waals surface area contributed by atoms with Crippen LogP contribution in [0.1, 0.15) is 24.2 Å². The fraction of sp³-hybridized carbons (Fsp3) is 0.400. The topological polar surface area (TPSA) is 71.2 Å². The fourth-order valence-corrected chi connectivity index (χ4v) is 0.885. The Morgan fingerprint density at radius 1 is 1.53 bits per heavy atom. The van der Waals surface area contributed by atoms with E-state index >= 15 is 0 Å². The number of hydrogen-bond acceptors (Lipinski definition) is 3. The van der Waals surface area contributed by atoms with Crippen LogP contribution in [0.2, 0.25) is 0 Å². The molecule has 0 saturated heterocycles. The molecule has 15 heavy (non-hydrogen) atoms. The molecule has 0 spiro atoms. The zero-order valence-electron chi connectivity index (χ0n) is 8.74. The molecule has 0 aromatic carbocycles. The lowest BCUT2D eigenvalue weighted by molar-refractivity contribution is 0.0208. The molecule has 0 bridgehead atoms. The molecule has 82 valence electrons. The third kappa shape index (κ3) is 3.95. The first-order valence-corrected chi connectivity index (χ1v) is 4.70. The van der Waals surface area contributed by atoms with Crippen molar-refractivity contribution in [1.82, 2.24) is 10.5 Å². The maximum atomic E-state index is 11.4. The zero-order chi connectivity index (χ0) is 11.3. The normalized spacial score (nSPS) is 10.3. The van der Waals surface area contributed by atoms with Crippen LogP contribution in [0.4, 0.5) is 0 Å². The summed E-state index contributed by atoms with van der Waals surface area (Å²) < 4.78 is 0. The van der Waals surface area contributed by atoms with Gasteiger partial charge in [-0.15, -0.1) is 0 Å². The Morgan fingerprint density at radius 2 is 2.27 bits per heavy atom. The number of H-pyrrole nitrogens is 1. The van der Waals surface area contributed by atoms with Gasteiger partial charge >= 0.3 is 0 Å². The predicted octanol–water partition coefficient (Wildman–Crippen LogP) is 0.692. The summed E-state index contributed by atoms with van der Waals surface area (Å²) in [4.78, 5) is 29.5. The van der Waals surface area contributed by atoms with Crippen molar-refractivity contribution in [3.8, 4) is 0 Å². The van der Waals surface area contributed by atoms with E-state index in [0.717, 1.165) is 0 Å². The summed E-state index contributed by atoms with van der Waals surface area (Å²) in [6, 6.07) is 2.73. The van der Waals surface area contributed by atoms with E-state index in [1.807, 2.05) is 13.8 Å². The van der Waals surface area contributed by atoms with Gasteiger partial charge in [-0.05, 0) is 12.0 Å². The molecule has 1 aromatic heterocycles. The minimum atomic E-state index is -0.369. The minimum absolute atomic E-state index is 0.241. The lowest BCUT2D eigenvalue weighted by Crippen LogP contribution is -2.26. The number of hydroxylamine groups is 1. The predicted molar refractivity (Wildman–Crippen MR) is 55.3 cm³/mol. The lowest BCUT2D eigenvalue weighted by Gasteiger charge is -2.07. The molecular formula is C10H14N2O3. The van der Waals surface area contributed by atoms with E-state index in [4.69, 9.17) is 4.84 Å². The van der Waals surface area contributed by atoms with Crippen molar-refractivity contribution in [3.63, 3.8) is 0 Å². The summed E-state index contributed by atoms with van der Waals surface area (Å²) in [7, 11) is 0. The second kappa shape index (κ2) is 5.31. The fourth-order valence-electron chi connectivity index (χ4n) is 0.885. The Labute approximate surface area is 87.4 Å². The lowest BCUT2D eigenvalue weighted by atomic mass is 10.2. The van der Waals surface area contributed by atoms with Crippen molar-refractivity contribution in [2.75, 3.05) is 6.61 Å². The van der Waals surface area contributed by atoms with E-state index in [9.17, 15) is 9.59 Å². The number of aromatic nitrogens is 1. The van der Waals surface area contributed by atoms with Crippen molar-refractivity contribution in [1.29, 1.82) is 0 Å². The Morgan fingerprint density at radius 3 is 2.80 bits per heavy atom. The second-order valence-corrected chi connectivity index (χ2v) is 3.58. The zero-order valence-corrected chi connectivity index (χ0v) is 8.74. The standard InChI is InChI=1S/C10H14N2O3/c1-7(2)6-15-12-10(14)8-3-4-9(13)11-5-8/h3-5,7H,6H2,1-2H3,(H,11,13)(H,12,14). The molecule has 5 nitrogen and oxygen atoms in total. The molecule has 0 aliphatic rings. The number of aromatic amines is 1. The first-order chi connectivity index (χ1) is 7.09. The van der Waals surface area contributed by atoms with Crippen molar-refractivity contribution in [2.24, 2.45) is 5.92 Å². The number of pyridine rings is 1. The Kier molecular flexibility index (Phi) is 4.05. The molecule has 0 unspecified atom stereocenters. The number of rotatable bonds is 4. The van der Waals surface area contributed by atoms with Crippen LogP contribution >= 0.6 is 0 Å². The molecule has 1 aromatic rings. The largest absolute Gasteiger partial charge is 0.328 e. The first kappa shape index (κ1) is 11.5. The van der Waals surface area contributed by atoms with Gasteiger partial charge in [0.1, 0.15) is 0 Å². The molecule has 1 heterocycles. The summed E-state index contributed by atoms with van der Waals surface area (Å²) in [5.41, 5.74) is 2.41. The molecule has 0 atom stereocenters. The van der Waals surface area contributed by atoms with Crippen LogP contribution in [0.25, 0.3) is 0 Å². The average molecular weight is 210 g/mol. The summed E-state index contributed by atoms with van der Waals surface area (Å²) in [5.74, 6) is -0.0206. The number of amides is 1. The summed E-state index contributed by atoms with van der Waals surface area (Å²) in [6.45, 7) is 4.41. The Bertz CT molecular complexity index is 364. The Balaban J connectivity index is 2.47. The van der Waals surface area contributed by atoms with Gasteiger partial charge in [0, 0.05) is 12.3 Å². The van der Waals surface area contributed by atoms with Crippen LogP contribution in [0.3, 0.4) is 0 Å². The molecular weight excluding hydrogens is 196 g/mol. The highest BCUT2D eigenvalue weighted by molar-refractivity contribution is 5.92. The maximum absolute atomic E-state index is 11.4. The second-order valence-electron chi connectivity index (χ2n) is 3.58. The van der Waals surface area contributed by atoms with Crippen molar-refractivity contribution < 1.29 is 9.63 Å². The van der Waals surface area contributed by atoms with Gasteiger partial charge in [0.05, 0.1) is 12.2 Å².